The van der Waals surface area contributed by atoms with E-state index in [1.54, 1.807) is 41.5 Å². The van der Waals surface area contributed by atoms with Crippen molar-refractivity contribution in [3.8, 4) is 0 Å². The standard InChI is InChI=1S/C10H18O4.C4H8O2.C3H4O3.C2H4O2.C2H6O2.C2H6.CH4.I3.H2O/c1-7(2)9(11)13-5-6-14-10(12)8(3)4;1-3(2)4(5)6;4-3-5-1-2-6-3;1-2(3)4;3-1-2-4;1-2;;1-3-2;/h7-8H,5-6H2,1-4H3;3H,1-2H3,(H,5,6);1-2H2;1H3,(H,3,4);3-4H,1-2H2;1-2H3;1H4;;1H2/q;;;;;;;-1;. The van der Waals surface area contributed by atoms with Gasteiger partial charge in [-0.2, -0.15) is 0 Å². The van der Waals surface area contributed by atoms with E-state index in [-0.39, 0.29) is 69.0 Å². The van der Waals surface area contributed by atoms with Crippen molar-refractivity contribution < 1.29 is 82.1 Å². The number of carbonyl (C=O) groups excluding carboxylic acids is 3. The summed E-state index contributed by atoms with van der Waals surface area (Å²) in [5.74, 6) is -2.64. The first-order valence-corrected chi connectivity index (χ1v) is 24.3. The predicted octanol–water partition coefficient (Wildman–Crippen LogP) is 0.940. The molecule has 1 saturated heterocycles. The van der Waals surface area contributed by atoms with Crippen molar-refractivity contribution in [3.63, 3.8) is 0 Å². The fourth-order valence-electron chi connectivity index (χ4n) is 0.910. The molecule has 0 aromatic rings. The van der Waals surface area contributed by atoms with Gasteiger partial charge >= 0.3 is 74.6 Å². The zero-order valence-corrected chi connectivity index (χ0v) is 31.0. The fraction of sp³-hybridized carbons (Fsp3) is 0.792. The average molecular weight is 945 g/mol. The van der Waals surface area contributed by atoms with Gasteiger partial charge in [-0.1, -0.05) is 62.8 Å². The number of aliphatic hydroxyl groups excluding tert-OH is 2. The van der Waals surface area contributed by atoms with Crippen LogP contribution in [0.25, 0.3) is 0 Å². The van der Waals surface area contributed by atoms with Crippen LogP contribution in [0, 0.1) is 17.8 Å². The van der Waals surface area contributed by atoms with Crippen LogP contribution in [0.1, 0.15) is 69.7 Å². The second-order valence-electron chi connectivity index (χ2n) is 7.10. The zero-order valence-electron chi connectivity index (χ0n) is 24.6. The molecule has 14 nitrogen and oxygen atoms in total. The van der Waals surface area contributed by atoms with Crippen LogP contribution in [-0.4, -0.2) is 95.6 Å². The van der Waals surface area contributed by atoms with Crippen molar-refractivity contribution >= 4 is 67.3 Å². The number of carbonyl (C=O) groups is 5. The van der Waals surface area contributed by atoms with Crippen LogP contribution in [0.5, 0.6) is 0 Å². The van der Waals surface area contributed by atoms with Crippen molar-refractivity contribution in [2.75, 3.05) is 39.6 Å². The zero-order chi connectivity index (χ0) is 32.4. The normalized spacial score (nSPS) is 9.80. The van der Waals surface area contributed by atoms with E-state index >= 15 is 0 Å². The van der Waals surface area contributed by atoms with E-state index in [0.717, 1.165) is 6.92 Å². The van der Waals surface area contributed by atoms with Crippen LogP contribution < -0.4 is 13.3 Å². The summed E-state index contributed by atoms with van der Waals surface area (Å²) in [4.78, 5) is 50.4. The molecule has 6 N–H and O–H groups in total. The maximum Gasteiger partial charge on any atom is 0.508 e. The van der Waals surface area contributed by atoms with E-state index in [2.05, 4.69) is 46.7 Å². The van der Waals surface area contributed by atoms with Crippen LogP contribution >= 0.6 is 37.2 Å². The molecule has 1 rings (SSSR count). The van der Waals surface area contributed by atoms with Gasteiger partial charge < -0.3 is 44.8 Å². The molecule has 0 aliphatic carbocycles. The summed E-state index contributed by atoms with van der Waals surface area (Å²) in [7, 11) is 0. The number of aliphatic carboxylic acids is 2. The maximum atomic E-state index is 11.0. The Morgan fingerprint density at radius 1 is 0.805 bits per heavy atom. The second-order valence-corrected chi connectivity index (χ2v) is 23.3. The number of hydrogen-bond donors (Lipinski definition) is 4. The summed E-state index contributed by atoms with van der Waals surface area (Å²) < 4.78 is 18.2. The molecule has 1 fully saturated rings. The van der Waals surface area contributed by atoms with Crippen molar-refractivity contribution in [1.82, 2.24) is 0 Å². The minimum absolute atomic E-state index is 0. The average Bonchev–Trinajstić information content (AvgIpc) is 3.34. The van der Waals surface area contributed by atoms with Gasteiger partial charge in [-0.05, 0) is 0 Å². The molecule has 41 heavy (non-hydrogen) atoms. The van der Waals surface area contributed by atoms with E-state index < -0.39 is 18.1 Å². The Hall–Kier alpha value is -0.780. The minimum Gasteiger partial charge on any atom is -0.431 e. The molecule has 0 atom stereocenters. The number of carboxylic acid groups (broad SMARTS) is 2. The molecule has 0 saturated carbocycles. The first kappa shape index (κ1) is 59.6. The van der Waals surface area contributed by atoms with Gasteiger partial charge in [-0.3, -0.25) is 19.2 Å². The van der Waals surface area contributed by atoms with Crippen LogP contribution in [0.4, 0.5) is 4.79 Å². The van der Waals surface area contributed by atoms with Crippen molar-refractivity contribution in [3.05, 3.63) is 0 Å². The van der Waals surface area contributed by atoms with Crippen LogP contribution in [0.3, 0.4) is 0 Å². The molecule has 0 bridgehead atoms. The Balaban J connectivity index is -0.0000000570. The number of cyclic esters (lactones) is 2. The van der Waals surface area contributed by atoms with Crippen LogP contribution in [0.15, 0.2) is 0 Å². The van der Waals surface area contributed by atoms with E-state index in [9.17, 15) is 19.2 Å². The van der Waals surface area contributed by atoms with E-state index in [0.29, 0.717) is 26.5 Å². The molecule has 0 unspecified atom stereocenters. The van der Waals surface area contributed by atoms with Gasteiger partial charge in [0.05, 0.1) is 31.0 Å². The van der Waals surface area contributed by atoms with Crippen LogP contribution in [-0.2, 0) is 38.1 Å². The Morgan fingerprint density at radius 2 is 1.02 bits per heavy atom. The summed E-state index contributed by atoms with van der Waals surface area (Å²) in [6.07, 6.45) is -0.546. The third-order valence-corrected chi connectivity index (χ3v) is 2.63. The van der Waals surface area contributed by atoms with Gasteiger partial charge in [-0.25, -0.2) is 4.79 Å². The molecule has 254 valence electrons. The maximum absolute atomic E-state index is 11.0. The number of ether oxygens (including phenoxy) is 4. The number of carboxylic acids is 2. The Kier molecular flexibility index (Phi) is 71.1. The van der Waals surface area contributed by atoms with Crippen molar-refractivity contribution in [2.45, 2.75) is 69.7 Å². The topological polar surface area (TPSA) is 235 Å². The first-order chi connectivity index (χ1) is 18.0. The third-order valence-electron chi connectivity index (χ3n) is 2.63. The van der Waals surface area contributed by atoms with E-state index in [1.807, 2.05) is 13.8 Å². The molecule has 1 heterocycles. The summed E-state index contributed by atoms with van der Waals surface area (Å²) in [6, 6.07) is 0. The SMILES string of the molecule is C.CC.CC(=O)O.CC(C)C(=O)O.CC(C)C(=O)OCCOC(=O)C(C)C.I[I-]I.O.O=C1OCCO1.OCCO. The van der Waals surface area contributed by atoms with Crippen molar-refractivity contribution in [2.24, 2.45) is 17.8 Å². The predicted molar refractivity (Wildman–Crippen MR) is 169 cm³/mol. The van der Waals surface area contributed by atoms with Gasteiger partial charge in [0, 0.05) is 6.92 Å². The molecular formula is C24H52I3O14-. The minimum atomic E-state index is -0.833. The number of esters is 2. The van der Waals surface area contributed by atoms with Crippen molar-refractivity contribution in [1.29, 1.82) is 0 Å². The number of rotatable bonds is 7. The second kappa shape index (κ2) is 48.9. The summed E-state index contributed by atoms with van der Waals surface area (Å²) in [5.41, 5.74) is 0. The quantitative estimate of drug-likeness (QED) is 0.121. The molecule has 0 amide bonds. The smallest absolute Gasteiger partial charge is 0.431 e. The molecule has 0 spiro atoms. The summed E-state index contributed by atoms with van der Waals surface area (Å²) in [6.45, 7) is 16.2. The Bertz CT molecular complexity index is 552. The van der Waals surface area contributed by atoms with Gasteiger partial charge in [0.2, 0.25) is 0 Å². The molecule has 0 radical (unpaired) electrons. The van der Waals surface area contributed by atoms with E-state index in [1.165, 1.54) is 0 Å². The van der Waals surface area contributed by atoms with Crippen LogP contribution in [0.2, 0.25) is 0 Å². The van der Waals surface area contributed by atoms with Gasteiger partial charge in [0.1, 0.15) is 26.4 Å². The van der Waals surface area contributed by atoms with Gasteiger partial charge in [0.15, 0.2) is 0 Å². The molecular weight excluding hydrogens is 893 g/mol. The summed E-state index contributed by atoms with van der Waals surface area (Å²) >= 11 is 5.30. The first-order valence-electron chi connectivity index (χ1n) is 11.7. The van der Waals surface area contributed by atoms with E-state index in [4.69, 9.17) is 34.7 Å². The van der Waals surface area contributed by atoms with Gasteiger partial charge in [-0.15, -0.1) is 0 Å². The molecule has 17 heteroatoms. The molecule has 1 aliphatic rings. The molecule has 0 aromatic carbocycles. The molecule has 1 aliphatic heterocycles. The fourth-order valence-corrected chi connectivity index (χ4v) is 0.910. The number of halogens is 3. The van der Waals surface area contributed by atoms with Gasteiger partial charge in [0.25, 0.3) is 5.97 Å². The monoisotopic (exact) mass is 945 g/mol. The Labute approximate surface area is 274 Å². The number of hydrogen-bond acceptors (Lipinski definition) is 11. The third kappa shape index (κ3) is 79.0. The number of aliphatic hydroxyl groups is 2. The Morgan fingerprint density at radius 3 is 1.12 bits per heavy atom. The summed E-state index contributed by atoms with van der Waals surface area (Å²) in [5, 5.41) is 30.7. The molecule has 0 aromatic heterocycles. The largest absolute Gasteiger partial charge is 0.508 e.